The second-order valence-electron chi connectivity index (χ2n) is 3.46. The lowest BCUT2D eigenvalue weighted by atomic mass is 10.2. The first-order valence-electron chi connectivity index (χ1n) is 4.04. The fourth-order valence-electron chi connectivity index (χ4n) is 0.772. The summed E-state index contributed by atoms with van der Waals surface area (Å²) in [5.41, 5.74) is 0. The molecule has 0 aliphatic heterocycles. The quantitative estimate of drug-likeness (QED) is 0.681. The molecular formula is C8H17NO2S. The minimum atomic E-state index is -2.25. The molecular weight excluding hydrogens is 174 g/mol. The molecule has 1 atom stereocenters. The number of amides is 1. The van der Waals surface area contributed by atoms with Crippen molar-refractivity contribution in [2.24, 2.45) is 10.3 Å². The lowest BCUT2D eigenvalue weighted by Gasteiger charge is -2.04. The van der Waals surface area contributed by atoms with E-state index in [2.05, 4.69) is 18.2 Å². The van der Waals surface area contributed by atoms with Gasteiger partial charge in [0.2, 0.25) is 0 Å². The molecule has 0 saturated heterocycles. The van der Waals surface area contributed by atoms with Gasteiger partial charge in [-0.1, -0.05) is 13.8 Å². The molecule has 4 heteroatoms. The Bertz CT molecular complexity index is 262. The summed E-state index contributed by atoms with van der Waals surface area (Å²) in [4.78, 5) is 10.6. The van der Waals surface area contributed by atoms with E-state index in [0.717, 1.165) is 6.42 Å². The lowest BCUT2D eigenvalue weighted by Crippen LogP contribution is -2.07. The van der Waals surface area contributed by atoms with Crippen LogP contribution in [0.4, 0.5) is 0 Å². The van der Waals surface area contributed by atoms with Gasteiger partial charge in [-0.05, 0) is 12.3 Å². The van der Waals surface area contributed by atoms with Crippen molar-refractivity contribution in [2.75, 3.05) is 12.0 Å². The third-order valence-corrected chi connectivity index (χ3v) is 3.03. The highest BCUT2D eigenvalue weighted by molar-refractivity contribution is 7.93. The van der Waals surface area contributed by atoms with E-state index in [1.165, 1.54) is 13.2 Å². The van der Waals surface area contributed by atoms with Crippen molar-refractivity contribution in [2.45, 2.75) is 27.2 Å². The van der Waals surface area contributed by atoms with Crippen LogP contribution >= 0.6 is 0 Å². The largest absolute Gasteiger partial charge is 0.272 e. The van der Waals surface area contributed by atoms with Gasteiger partial charge in [0.1, 0.15) is 0 Å². The fraction of sp³-hybridized carbons (Fsp3) is 0.875. The van der Waals surface area contributed by atoms with Crippen LogP contribution in [0.3, 0.4) is 0 Å². The van der Waals surface area contributed by atoms with Gasteiger partial charge in [0.25, 0.3) is 5.91 Å². The third kappa shape index (κ3) is 6.34. The molecule has 72 valence electrons. The molecule has 0 fully saturated rings. The van der Waals surface area contributed by atoms with Crippen molar-refractivity contribution < 1.29 is 9.00 Å². The van der Waals surface area contributed by atoms with Crippen LogP contribution in [0, 0.1) is 5.92 Å². The highest BCUT2D eigenvalue weighted by atomic mass is 32.2. The minimum absolute atomic E-state index is 0.341. The number of hydrogen-bond acceptors (Lipinski definition) is 2. The smallest absolute Gasteiger partial charge is 0.250 e. The van der Waals surface area contributed by atoms with Crippen molar-refractivity contribution in [1.29, 1.82) is 0 Å². The molecule has 0 rings (SSSR count). The van der Waals surface area contributed by atoms with Crippen molar-refractivity contribution in [3.8, 4) is 0 Å². The van der Waals surface area contributed by atoms with Crippen molar-refractivity contribution >= 4 is 15.6 Å². The molecule has 0 spiro atoms. The van der Waals surface area contributed by atoms with Gasteiger partial charge in [0.15, 0.2) is 0 Å². The van der Waals surface area contributed by atoms with Gasteiger partial charge >= 0.3 is 0 Å². The van der Waals surface area contributed by atoms with Gasteiger partial charge in [-0.15, -0.1) is 0 Å². The second kappa shape index (κ2) is 4.60. The van der Waals surface area contributed by atoms with Crippen molar-refractivity contribution in [1.82, 2.24) is 0 Å². The van der Waals surface area contributed by atoms with Crippen LogP contribution in [0.2, 0.25) is 0 Å². The Morgan fingerprint density at radius 2 is 2.00 bits per heavy atom. The first-order chi connectivity index (χ1) is 5.33. The summed E-state index contributed by atoms with van der Waals surface area (Å²) >= 11 is 0. The van der Waals surface area contributed by atoms with E-state index in [4.69, 9.17) is 0 Å². The Hall–Kier alpha value is -0.380. The van der Waals surface area contributed by atoms with Crippen LogP contribution in [0.15, 0.2) is 4.36 Å². The van der Waals surface area contributed by atoms with Crippen LogP contribution in [-0.4, -0.2) is 22.1 Å². The topological polar surface area (TPSA) is 46.5 Å². The van der Waals surface area contributed by atoms with E-state index >= 15 is 0 Å². The molecule has 0 saturated carbocycles. The summed E-state index contributed by atoms with van der Waals surface area (Å²) in [6.45, 7) is 5.45. The molecule has 0 aliphatic rings. The highest BCUT2D eigenvalue weighted by Gasteiger charge is 2.04. The molecule has 3 nitrogen and oxygen atoms in total. The average Bonchev–Trinajstić information content (AvgIpc) is 1.81. The maximum absolute atomic E-state index is 11.5. The summed E-state index contributed by atoms with van der Waals surface area (Å²) < 4.78 is 15.1. The third-order valence-electron chi connectivity index (χ3n) is 1.40. The van der Waals surface area contributed by atoms with E-state index in [0.29, 0.717) is 11.7 Å². The van der Waals surface area contributed by atoms with Gasteiger partial charge < -0.3 is 0 Å². The van der Waals surface area contributed by atoms with E-state index in [-0.39, 0.29) is 5.91 Å². The van der Waals surface area contributed by atoms with Crippen LogP contribution in [0.5, 0.6) is 0 Å². The second-order valence-corrected chi connectivity index (χ2v) is 5.97. The number of carbonyl (C=O) groups excluding carboxylic acids is 1. The zero-order valence-electron chi connectivity index (χ0n) is 8.16. The standard InChI is InChI=1S/C8H17NO2S/c1-7(2)5-6-12(4,11)9-8(3)10/h7H,5-6H2,1-4H3. The molecule has 0 bridgehead atoms. The molecule has 0 aliphatic carbocycles. The molecule has 0 aromatic rings. The summed E-state index contributed by atoms with van der Waals surface area (Å²) in [5.74, 6) is 0.684. The summed E-state index contributed by atoms with van der Waals surface area (Å²) in [6, 6.07) is 0. The van der Waals surface area contributed by atoms with Gasteiger partial charge in [-0.2, -0.15) is 4.36 Å². The van der Waals surface area contributed by atoms with E-state index in [1.807, 2.05) is 0 Å². The Morgan fingerprint density at radius 3 is 2.33 bits per heavy atom. The SMILES string of the molecule is CC(=O)N=S(C)(=O)CCC(C)C. The first kappa shape index (κ1) is 11.6. The molecule has 0 aromatic heterocycles. The molecule has 0 radical (unpaired) electrons. The summed E-state index contributed by atoms with van der Waals surface area (Å²) in [7, 11) is -2.25. The zero-order chi connectivity index (χ0) is 9.78. The van der Waals surface area contributed by atoms with E-state index < -0.39 is 9.73 Å². The Labute approximate surface area is 74.7 Å². The maximum atomic E-state index is 11.5. The molecule has 0 N–H and O–H groups in total. The maximum Gasteiger partial charge on any atom is 0.250 e. The zero-order valence-corrected chi connectivity index (χ0v) is 8.98. The molecule has 12 heavy (non-hydrogen) atoms. The minimum Gasteiger partial charge on any atom is -0.272 e. The van der Waals surface area contributed by atoms with E-state index in [1.54, 1.807) is 0 Å². The summed E-state index contributed by atoms with van der Waals surface area (Å²) in [6.07, 6.45) is 2.39. The molecule has 1 unspecified atom stereocenters. The van der Waals surface area contributed by atoms with Crippen molar-refractivity contribution in [3.63, 3.8) is 0 Å². The van der Waals surface area contributed by atoms with Crippen LogP contribution in [0.1, 0.15) is 27.2 Å². The molecule has 1 amide bonds. The van der Waals surface area contributed by atoms with Gasteiger partial charge in [0, 0.05) is 18.9 Å². The normalized spacial score (nSPS) is 15.8. The number of hydrogen-bond donors (Lipinski definition) is 0. The predicted molar refractivity (Wildman–Crippen MR) is 51.5 cm³/mol. The van der Waals surface area contributed by atoms with Crippen LogP contribution in [-0.2, 0) is 14.5 Å². The predicted octanol–water partition coefficient (Wildman–Crippen LogP) is 1.68. The Morgan fingerprint density at radius 1 is 1.50 bits per heavy atom. The first-order valence-corrected chi connectivity index (χ1v) is 6.13. The summed E-state index contributed by atoms with van der Waals surface area (Å²) in [5, 5.41) is 0. The van der Waals surface area contributed by atoms with Crippen molar-refractivity contribution in [3.05, 3.63) is 0 Å². The Kier molecular flexibility index (Phi) is 4.45. The van der Waals surface area contributed by atoms with Crippen LogP contribution < -0.4 is 0 Å². The van der Waals surface area contributed by atoms with Gasteiger partial charge in [0.05, 0.1) is 9.73 Å². The van der Waals surface area contributed by atoms with Gasteiger partial charge in [-0.3, -0.25) is 4.79 Å². The monoisotopic (exact) mass is 191 g/mol. The molecule has 0 aromatic carbocycles. The van der Waals surface area contributed by atoms with Gasteiger partial charge in [-0.25, -0.2) is 4.21 Å². The fourth-order valence-corrected chi connectivity index (χ4v) is 2.32. The number of carbonyl (C=O) groups is 1. The number of nitrogens with zero attached hydrogens (tertiary/aromatic N) is 1. The van der Waals surface area contributed by atoms with E-state index in [9.17, 15) is 9.00 Å². The Balaban J connectivity index is 4.24. The molecule has 0 heterocycles. The number of rotatable bonds is 3. The highest BCUT2D eigenvalue weighted by Crippen LogP contribution is 2.03. The lowest BCUT2D eigenvalue weighted by molar-refractivity contribution is -0.115. The average molecular weight is 191 g/mol. The van der Waals surface area contributed by atoms with Crippen LogP contribution in [0.25, 0.3) is 0 Å².